The zero-order valence-electron chi connectivity index (χ0n) is 16.3. The molecule has 8 heteroatoms. The number of aliphatic hydroxyl groups is 1. The van der Waals surface area contributed by atoms with Gasteiger partial charge in [0.05, 0.1) is 43.6 Å². The SMILES string of the molecule is Cc1cccnc1CNC[C@H]1O[C@@H]2C[C@@H](CC(=O)N3CCOCC3)O[C@@H]2[C@@H]1O. The van der Waals surface area contributed by atoms with E-state index in [1.165, 1.54) is 0 Å². The van der Waals surface area contributed by atoms with E-state index in [0.717, 1.165) is 11.3 Å². The molecule has 1 amide bonds. The van der Waals surface area contributed by atoms with Crippen LogP contribution in [0.5, 0.6) is 0 Å². The number of aliphatic hydroxyl groups excluding tert-OH is 1. The molecule has 5 atom stereocenters. The third-order valence-electron chi connectivity index (χ3n) is 5.80. The third kappa shape index (κ3) is 4.36. The molecule has 0 unspecified atom stereocenters. The van der Waals surface area contributed by atoms with Crippen molar-refractivity contribution in [2.24, 2.45) is 0 Å². The third-order valence-corrected chi connectivity index (χ3v) is 5.80. The second kappa shape index (κ2) is 8.84. The van der Waals surface area contributed by atoms with Gasteiger partial charge >= 0.3 is 0 Å². The molecule has 154 valence electrons. The number of ether oxygens (including phenoxy) is 3. The number of rotatable bonds is 6. The number of aromatic nitrogens is 1. The summed E-state index contributed by atoms with van der Waals surface area (Å²) < 4.78 is 17.3. The van der Waals surface area contributed by atoms with E-state index in [2.05, 4.69) is 10.3 Å². The van der Waals surface area contributed by atoms with Gasteiger partial charge in [-0.1, -0.05) is 6.07 Å². The van der Waals surface area contributed by atoms with Gasteiger partial charge in [-0.25, -0.2) is 0 Å². The van der Waals surface area contributed by atoms with Crippen LogP contribution in [0.25, 0.3) is 0 Å². The van der Waals surface area contributed by atoms with Gasteiger partial charge in [-0.2, -0.15) is 0 Å². The number of amides is 1. The Bertz CT molecular complexity index is 682. The molecule has 0 bridgehead atoms. The van der Waals surface area contributed by atoms with E-state index in [9.17, 15) is 9.90 Å². The van der Waals surface area contributed by atoms with Crippen LogP contribution in [-0.2, 0) is 25.5 Å². The van der Waals surface area contributed by atoms with Crippen molar-refractivity contribution in [3.63, 3.8) is 0 Å². The standard InChI is InChI=1S/C20H29N3O5/c1-13-3-2-4-22-15(13)11-21-12-17-19(25)20-16(28-17)9-14(27-20)10-18(24)23-5-7-26-8-6-23/h2-4,14,16-17,19-21,25H,5-12H2,1H3/t14-,16+,17+,19+,20-/m0/s1. The molecule has 3 saturated heterocycles. The second-order valence-electron chi connectivity index (χ2n) is 7.76. The molecule has 3 fully saturated rings. The Balaban J connectivity index is 1.22. The van der Waals surface area contributed by atoms with Crippen LogP contribution in [-0.4, -0.2) is 84.3 Å². The van der Waals surface area contributed by atoms with E-state index in [4.69, 9.17) is 14.2 Å². The highest BCUT2D eigenvalue weighted by molar-refractivity contribution is 5.76. The summed E-state index contributed by atoms with van der Waals surface area (Å²) in [6.07, 6.45) is 1.07. The topological polar surface area (TPSA) is 93.2 Å². The van der Waals surface area contributed by atoms with Crippen LogP contribution in [0.4, 0.5) is 0 Å². The molecule has 1 aromatic rings. The van der Waals surface area contributed by atoms with Gasteiger partial charge in [0.15, 0.2) is 0 Å². The first-order chi connectivity index (χ1) is 13.6. The minimum Gasteiger partial charge on any atom is -0.388 e. The Morgan fingerprint density at radius 3 is 2.93 bits per heavy atom. The number of nitrogens with one attached hydrogen (secondary N) is 1. The van der Waals surface area contributed by atoms with E-state index in [1.54, 1.807) is 6.20 Å². The summed E-state index contributed by atoms with van der Waals surface area (Å²) in [4.78, 5) is 18.6. The van der Waals surface area contributed by atoms with Crippen molar-refractivity contribution >= 4 is 5.91 Å². The van der Waals surface area contributed by atoms with Gasteiger partial charge in [-0.05, 0) is 18.6 Å². The van der Waals surface area contributed by atoms with Crippen molar-refractivity contribution in [2.75, 3.05) is 32.8 Å². The molecule has 8 nitrogen and oxygen atoms in total. The Morgan fingerprint density at radius 1 is 1.36 bits per heavy atom. The predicted molar refractivity (Wildman–Crippen MR) is 101 cm³/mol. The summed E-state index contributed by atoms with van der Waals surface area (Å²) in [6, 6.07) is 3.95. The Labute approximate surface area is 165 Å². The van der Waals surface area contributed by atoms with Crippen LogP contribution in [0.2, 0.25) is 0 Å². The Kier molecular flexibility index (Phi) is 6.22. The van der Waals surface area contributed by atoms with Crippen molar-refractivity contribution < 1.29 is 24.1 Å². The summed E-state index contributed by atoms with van der Waals surface area (Å²) in [6.45, 7) is 5.66. The summed E-state index contributed by atoms with van der Waals surface area (Å²) in [5.74, 6) is 0.0895. The molecular weight excluding hydrogens is 362 g/mol. The molecule has 0 aliphatic carbocycles. The van der Waals surface area contributed by atoms with E-state index >= 15 is 0 Å². The first-order valence-electron chi connectivity index (χ1n) is 10.1. The van der Waals surface area contributed by atoms with Crippen molar-refractivity contribution in [1.29, 1.82) is 0 Å². The number of carbonyl (C=O) groups is 1. The van der Waals surface area contributed by atoms with Crippen molar-refractivity contribution in [1.82, 2.24) is 15.2 Å². The van der Waals surface area contributed by atoms with Gasteiger partial charge in [-0.15, -0.1) is 0 Å². The summed E-state index contributed by atoms with van der Waals surface area (Å²) in [5, 5.41) is 13.9. The Morgan fingerprint density at radius 2 is 2.18 bits per heavy atom. The zero-order chi connectivity index (χ0) is 19.5. The number of hydrogen-bond donors (Lipinski definition) is 2. The maximum absolute atomic E-state index is 12.4. The van der Waals surface area contributed by atoms with Crippen LogP contribution >= 0.6 is 0 Å². The molecular formula is C20H29N3O5. The molecule has 0 radical (unpaired) electrons. The quantitative estimate of drug-likeness (QED) is 0.706. The van der Waals surface area contributed by atoms with E-state index in [0.29, 0.717) is 52.2 Å². The van der Waals surface area contributed by atoms with Crippen LogP contribution in [0.15, 0.2) is 18.3 Å². The van der Waals surface area contributed by atoms with Crippen LogP contribution in [0, 0.1) is 6.92 Å². The van der Waals surface area contributed by atoms with Gasteiger partial charge in [0, 0.05) is 38.8 Å². The van der Waals surface area contributed by atoms with Crippen LogP contribution in [0.1, 0.15) is 24.1 Å². The zero-order valence-corrected chi connectivity index (χ0v) is 16.3. The highest BCUT2D eigenvalue weighted by atomic mass is 16.6. The number of pyridine rings is 1. The second-order valence-corrected chi connectivity index (χ2v) is 7.76. The van der Waals surface area contributed by atoms with E-state index in [1.807, 2.05) is 24.0 Å². The fourth-order valence-electron chi connectivity index (χ4n) is 4.18. The average Bonchev–Trinajstić information content (AvgIpc) is 3.22. The minimum absolute atomic E-state index is 0.0895. The lowest BCUT2D eigenvalue weighted by atomic mass is 10.1. The van der Waals surface area contributed by atoms with Crippen LogP contribution in [0.3, 0.4) is 0 Å². The molecule has 4 rings (SSSR count). The largest absolute Gasteiger partial charge is 0.388 e. The number of morpholine rings is 1. The maximum atomic E-state index is 12.4. The number of carbonyl (C=O) groups excluding carboxylic acids is 1. The fraction of sp³-hybridized carbons (Fsp3) is 0.700. The number of fused-ring (bicyclic) bond motifs is 1. The lowest BCUT2D eigenvalue weighted by Gasteiger charge is -2.28. The van der Waals surface area contributed by atoms with Gasteiger partial charge in [0.25, 0.3) is 0 Å². The highest BCUT2D eigenvalue weighted by Gasteiger charge is 2.50. The Hall–Kier alpha value is -1.58. The molecule has 0 spiro atoms. The summed E-state index contributed by atoms with van der Waals surface area (Å²) >= 11 is 0. The number of hydrogen-bond acceptors (Lipinski definition) is 7. The minimum atomic E-state index is -0.689. The monoisotopic (exact) mass is 391 g/mol. The van der Waals surface area contributed by atoms with E-state index in [-0.39, 0.29) is 30.3 Å². The average molecular weight is 391 g/mol. The number of aryl methyl sites for hydroxylation is 1. The van der Waals surface area contributed by atoms with Gasteiger partial charge in [0.2, 0.25) is 5.91 Å². The normalized spacial score (nSPS) is 32.5. The fourth-order valence-corrected chi connectivity index (χ4v) is 4.18. The molecule has 0 saturated carbocycles. The van der Waals surface area contributed by atoms with Gasteiger partial charge in [-0.3, -0.25) is 9.78 Å². The number of nitrogens with zero attached hydrogens (tertiary/aromatic N) is 2. The first kappa shape index (κ1) is 19.7. The molecule has 2 N–H and O–H groups in total. The summed E-state index contributed by atoms with van der Waals surface area (Å²) in [5.41, 5.74) is 2.13. The first-order valence-corrected chi connectivity index (χ1v) is 10.1. The molecule has 3 aliphatic rings. The van der Waals surface area contributed by atoms with Gasteiger partial charge in [0.1, 0.15) is 12.2 Å². The lowest BCUT2D eigenvalue weighted by molar-refractivity contribution is -0.138. The summed E-state index contributed by atoms with van der Waals surface area (Å²) in [7, 11) is 0. The van der Waals surface area contributed by atoms with Crippen molar-refractivity contribution in [3.05, 3.63) is 29.6 Å². The molecule has 28 heavy (non-hydrogen) atoms. The van der Waals surface area contributed by atoms with Crippen molar-refractivity contribution in [3.8, 4) is 0 Å². The molecule has 0 aromatic carbocycles. The molecule has 4 heterocycles. The molecule has 1 aromatic heterocycles. The lowest BCUT2D eigenvalue weighted by Crippen LogP contribution is -2.42. The smallest absolute Gasteiger partial charge is 0.225 e. The predicted octanol–water partition coefficient (Wildman–Crippen LogP) is 0.0143. The van der Waals surface area contributed by atoms with E-state index < -0.39 is 6.10 Å². The maximum Gasteiger partial charge on any atom is 0.225 e. The van der Waals surface area contributed by atoms with Gasteiger partial charge < -0.3 is 29.5 Å². The highest BCUT2D eigenvalue weighted by Crippen LogP contribution is 2.35. The van der Waals surface area contributed by atoms with Crippen LogP contribution < -0.4 is 5.32 Å². The van der Waals surface area contributed by atoms with Crippen molar-refractivity contribution in [2.45, 2.75) is 56.8 Å². The molecule has 3 aliphatic heterocycles.